The molecule has 4 rings (SSSR count). The number of fused-ring (bicyclic) bond motifs is 2. The minimum atomic E-state index is -0.737. The van der Waals surface area contributed by atoms with Crippen LogP contribution in [-0.2, 0) is 18.9 Å². The lowest BCUT2D eigenvalue weighted by molar-refractivity contribution is -0.195. The van der Waals surface area contributed by atoms with Crippen molar-refractivity contribution in [3.8, 4) is 0 Å². The summed E-state index contributed by atoms with van der Waals surface area (Å²) >= 11 is 0. The van der Waals surface area contributed by atoms with E-state index in [4.69, 9.17) is 24.7 Å². The number of imidazole rings is 1. The molecule has 0 aliphatic carbocycles. The van der Waals surface area contributed by atoms with Gasteiger partial charge in [-0.3, -0.25) is 9.88 Å². The van der Waals surface area contributed by atoms with Crippen molar-refractivity contribution < 1.29 is 23.7 Å². The Balaban J connectivity index is 1.64. The maximum Gasteiger partial charge on any atom is 0.413 e. The molecule has 1 unspecified atom stereocenters. The van der Waals surface area contributed by atoms with Crippen molar-refractivity contribution in [2.24, 2.45) is 5.73 Å². The van der Waals surface area contributed by atoms with Crippen LogP contribution in [0.1, 0.15) is 40.8 Å². The molecule has 2 aromatic rings. The molecule has 0 radical (unpaired) electrons. The average Bonchev–Trinajstić information content (AvgIpc) is 3.24. The first-order valence-electron chi connectivity index (χ1n) is 9.47. The normalized spacial score (nSPS) is 28.5. The van der Waals surface area contributed by atoms with E-state index in [9.17, 15) is 4.79 Å². The van der Waals surface area contributed by atoms with Crippen molar-refractivity contribution in [1.82, 2.24) is 19.5 Å². The van der Waals surface area contributed by atoms with E-state index in [2.05, 4.69) is 20.3 Å². The summed E-state index contributed by atoms with van der Waals surface area (Å²) in [6, 6.07) is 0. The van der Waals surface area contributed by atoms with Gasteiger partial charge in [0, 0.05) is 6.54 Å². The van der Waals surface area contributed by atoms with Crippen LogP contribution in [0.15, 0.2) is 12.7 Å². The largest absolute Gasteiger partial charge is 0.444 e. The molecule has 2 aliphatic rings. The highest BCUT2D eigenvalue weighted by Gasteiger charge is 2.55. The molecule has 0 saturated carbocycles. The maximum absolute atomic E-state index is 12.1. The number of nitrogens with two attached hydrogens (primary N) is 1. The number of anilines is 1. The summed E-state index contributed by atoms with van der Waals surface area (Å²) in [6.45, 7) is 9.35. The molecular weight excluding hydrogens is 380 g/mol. The summed E-state index contributed by atoms with van der Waals surface area (Å²) in [5, 5.41) is 2.62. The average molecular weight is 406 g/mol. The Morgan fingerprint density at radius 1 is 1.28 bits per heavy atom. The van der Waals surface area contributed by atoms with Gasteiger partial charge in [-0.15, -0.1) is 0 Å². The zero-order valence-corrected chi connectivity index (χ0v) is 17.1. The minimum Gasteiger partial charge on any atom is -0.444 e. The van der Waals surface area contributed by atoms with Crippen molar-refractivity contribution in [2.45, 2.75) is 70.5 Å². The van der Waals surface area contributed by atoms with E-state index in [0.717, 1.165) is 0 Å². The summed E-state index contributed by atoms with van der Waals surface area (Å²) in [4.78, 5) is 24.9. The zero-order chi connectivity index (χ0) is 21.0. The Bertz CT molecular complexity index is 923. The second-order valence-corrected chi connectivity index (χ2v) is 8.54. The van der Waals surface area contributed by atoms with Gasteiger partial charge in [0.2, 0.25) is 0 Å². The number of nitrogens with zero attached hydrogens (tertiary/aromatic N) is 4. The third kappa shape index (κ3) is 3.78. The SMILES string of the molecule is CC(C)(C)OC(=O)Nc1ncnc2c1ncn2[C@@H]1O[C@H](CN)C2OC(C)(C)O[C@@H]21. The molecule has 3 N–H and O–H groups in total. The van der Waals surface area contributed by atoms with E-state index >= 15 is 0 Å². The number of hydrogen-bond donors (Lipinski definition) is 2. The van der Waals surface area contributed by atoms with E-state index < -0.39 is 23.7 Å². The third-order valence-corrected chi connectivity index (χ3v) is 4.61. The van der Waals surface area contributed by atoms with Crippen LogP contribution in [0.5, 0.6) is 0 Å². The Morgan fingerprint density at radius 2 is 2.00 bits per heavy atom. The van der Waals surface area contributed by atoms with Gasteiger partial charge in [-0.1, -0.05) is 0 Å². The van der Waals surface area contributed by atoms with E-state index in [-0.39, 0.29) is 24.1 Å². The molecule has 0 spiro atoms. The van der Waals surface area contributed by atoms with Crippen molar-refractivity contribution >= 4 is 23.1 Å². The van der Waals surface area contributed by atoms with Crippen molar-refractivity contribution in [1.29, 1.82) is 0 Å². The molecule has 1 amide bonds. The lowest BCUT2D eigenvalue weighted by Crippen LogP contribution is -2.34. The standard InChI is InChI=1S/C18H26N6O5/c1-17(2,3)29-16(25)23-13-10-14(21-7-20-13)24(8-22-10)15-12-11(9(6-19)26-15)27-18(4,5)28-12/h7-9,11-12,15H,6,19H2,1-5H3,(H,20,21,23,25)/t9-,11?,12+,15-/m1/s1. The Labute approximate surface area is 167 Å². The lowest BCUT2D eigenvalue weighted by Gasteiger charge is -2.24. The quantitative estimate of drug-likeness (QED) is 0.778. The molecule has 4 heterocycles. The van der Waals surface area contributed by atoms with Crippen LogP contribution in [0.25, 0.3) is 11.2 Å². The number of ether oxygens (including phenoxy) is 4. The first-order valence-corrected chi connectivity index (χ1v) is 9.47. The fourth-order valence-electron chi connectivity index (χ4n) is 3.60. The van der Waals surface area contributed by atoms with E-state index in [1.54, 1.807) is 31.7 Å². The first kappa shape index (κ1) is 20.0. The Hall–Kier alpha value is -2.34. The Morgan fingerprint density at radius 3 is 2.69 bits per heavy atom. The molecule has 2 aliphatic heterocycles. The maximum atomic E-state index is 12.1. The summed E-state index contributed by atoms with van der Waals surface area (Å²) in [7, 11) is 0. The number of carbonyl (C=O) groups excluding carboxylic acids is 1. The van der Waals surface area contributed by atoms with E-state index in [1.807, 2.05) is 13.8 Å². The van der Waals surface area contributed by atoms with Crippen LogP contribution in [-0.4, -0.2) is 61.9 Å². The number of hydrogen-bond acceptors (Lipinski definition) is 9. The summed E-state index contributed by atoms with van der Waals surface area (Å²) < 4.78 is 25.1. The molecule has 0 aromatic carbocycles. The molecule has 0 bridgehead atoms. The molecule has 2 aromatic heterocycles. The molecule has 2 saturated heterocycles. The van der Waals surface area contributed by atoms with Crippen LogP contribution in [0, 0.1) is 0 Å². The lowest BCUT2D eigenvalue weighted by atomic mass is 10.1. The van der Waals surface area contributed by atoms with Gasteiger partial charge in [-0.2, -0.15) is 0 Å². The zero-order valence-electron chi connectivity index (χ0n) is 17.1. The highest BCUT2D eigenvalue weighted by atomic mass is 16.8. The van der Waals surface area contributed by atoms with Gasteiger partial charge in [0.15, 0.2) is 29.0 Å². The van der Waals surface area contributed by atoms with Crippen LogP contribution in [0.3, 0.4) is 0 Å². The van der Waals surface area contributed by atoms with Gasteiger partial charge in [0.05, 0.1) is 6.33 Å². The fraction of sp³-hybridized carbons (Fsp3) is 0.667. The monoisotopic (exact) mass is 406 g/mol. The smallest absolute Gasteiger partial charge is 0.413 e. The molecule has 2 fully saturated rings. The van der Waals surface area contributed by atoms with Crippen molar-refractivity contribution in [3.63, 3.8) is 0 Å². The fourth-order valence-corrected chi connectivity index (χ4v) is 3.60. The number of aromatic nitrogens is 4. The van der Waals surface area contributed by atoms with Gasteiger partial charge in [-0.05, 0) is 34.6 Å². The molecule has 158 valence electrons. The van der Waals surface area contributed by atoms with Gasteiger partial charge in [0.1, 0.15) is 30.2 Å². The first-order chi connectivity index (χ1) is 13.6. The summed E-state index contributed by atoms with van der Waals surface area (Å²) in [5.74, 6) is -0.489. The number of amides is 1. The highest BCUT2D eigenvalue weighted by Crippen LogP contribution is 2.43. The van der Waals surface area contributed by atoms with Gasteiger partial charge >= 0.3 is 6.09 Å². The van der Waals surface area contributed by atoms with Crippen molar-refractivity contribution in [2.75, 3.05) is 11.9 Å². The van der Waals surface area contributed by atoms with Gasteiger partial charge in [0.25, 0.3) is 0 Å². The third-order valence-electron chi connectivity index (χ3n) is 4.61. The van der Waals surface area contributed by atoms with Crippen LogP contribution in [0.4, 0.5) is 10.6 Å². The molecule has 29 heavy (non-hydrogen) atoms. The van der Waals surface area contributed by atoms with E-state index in [0.29, 0.717) is 17.7 Å². The number of nitrogens with one attached hydrogen (secondary N) is 1. The molecule has 11 heteroatoms. The van der Waals surface area contributed by atoms with Crippen LogP contribution >= 0.6 is 0 Å². The number of rotatable bonds is 3. The Kier molecular flexibility index (Phi) is 4.73. The summed E-state index contributed by atoms with van der Waals surface area (Å²) in [6.07, 6.45) is 0.800. The predicted molar refractivity (Wildman–Crippen MR) is 102 cm³/mol. The molecule has 4 atom stereocenters. The van der Waals surface area contributed by atoms with Crippen LogP contribution < -0.4 is 11.1 Å². The molecule has 11 nitrogen and oxygen atoms in total. The van der Waals surface area contributed by atoms with Crippen molar-refractivity contribution in [3.05, 3.63) is 12.7 Å². The topological polar surface area (TPSA) is 136 Å². The second-order valence-electron chi connectivity index (χ2n) is 8.54. The molecular formula is C18H26N6O5. The highest BCUT2D eigenvalue weighted by molar-refractivity contribution is 5.93. The predicted octanol–water partition coefficient (Wildman–Crippen LogP) is 1.55. The minimum absolute atomic E-state index is 0.247. The van der Waals surface area contributed by atoms with Gasteiger partial charge in [-0.25, -0.2) is 19.7 Å². The van der Waals surface area contributed by atoms with Crippen LogP contribution in [0.2, 0.25) is 0 Å². The summed E-state index contributed by atoms with van der Waals surface area (Å²) in [5.41, 5.74) is 6.13. The number of carbonyl (C=O) groups is 1. The second kappa shape index (κ2) is 6.87. The van der Waals surface area contributed by atoms with Gasteiger partial charge < -0.3 is 24.7 Å². The van der Waals surface area contributed by atoms with E-state index in [1.165, 1.54) is 6.33 Å².